The van der Waals surface area contributed by atoms with Gasteiger partial charge in [-0.3, -0.25) is 5.10 Å². The molecule has 2 aliphatic rings. The van der Waals surface area contributed by atoms with Gasteiger partial charge in [-0.15, -0.1) is 0 Å². The van der Waals surface area contributed by atoms with Gasteiger partial charge in [0.2, 0.25) is 10.0 Å². The number of fused-ring (bicyclic) bond motifs is 2. The highest BCUT2D eigenvalue weighted by Gasteiger charge is 2.44. The molecule has 1 amide bonds. The fourth-order valence-electron chi connectivity index (χ4n) is 4.49. The number of carbonyl (C=O) groups excluding carboxylic acids is 1. The molecule has 216 valence electrons. The summed E-state index contributed by atoms with van der Waals surface area (Å²) in [7, 11) is -5.33. The van der Waals surface area contributed by atoms with Gasteiger partial charge >= 0.3 is 6.09 Å². The predicted octanol–water partition coefficient (Wildman–Crippen LogP) is 2.67. The summed E-state index contributed by atoms with van der Waals surface area (Å²) in [5.41, 5.74) is 0.789. The minimum atomic E-state index is -5.33. The number of rotatable bonds is 11. The van der Waals surface area contributed by atoms with Crippen molar-refractivity contribution in [3.05, 3.63) is 60.3 Å². The number of alkyl carbamates (subject to hydrolysis) is 1. The first-order valence-corrected chi connectivity index (χ1v) is 13.8. The molecule has 11 nitrogen and oxygen atoms in total. The maximum absolute atomic E-state index is 14.3. The van der Waals surface area contributed by atoms with E-state index < -0.39 is 90.6 Å². The van der Waals surface area contributed by atoms with E-state index in [0.717, 1.165) is 12.1 Å². The van der Waals surface area contributed by atoms with Gasteiger partial charge in [-0.1, -0.05) is 44.0 Å². The number of aliphatic hydroxyl groups excluding tert-OH is 1. The number of H-pyrrole nitrogens is 1. The Morgan fingerprint density at radius 2 is 2.20 bits per heavy atom. The maximum atomic E-state index is 14.3. The minimum Gasteiger partial charge on any atom is -0.443 e. The predicted molar refractivity (Wildman–Crippen MR) is 147 cm³/mol. The third-order valence-electron chi connectivity index (χ3n) is 6.51. The quantitative estimate of drug-likeness (QED) is 0.312. The summed E-state index contributed by atoms with van der Waals surface area (Å²) in [6.45, 7) is -16.2. The van der Waals surface area contributed by atoms with E-state index in [1.54, 1.807) is 30.3 Å². The van der Waals surface area contributed by atoms with Crippen molar-refractivity contribution >= 4 is 27.0 Å². The highest BCUT2D eigenvalue weighted by Crippen LogP contribution is 2.33. The van der Waals surface area contributed by atoms with Crippen LogP contribution in [-0.4, -0.2) is 84.8 Å². The van der Waals surface area contributed by atoms with E-state index in [-0.39, 0.29) is 29.1 Å². The number of amides is 1. The second-order valence-electron chi connectivity index (χ2n) is 9.26. The van der Waals surface area contributed by atoms with E-state index in [1.165, 1.54) is 12.3 Å². The van der Waals surface area contributed by atoms with Crippen molar-refractivity contribution in [2.75, 3.05) is 26.2 Å². The Morgan fingerprint density at radius 3 is 3.00 bits per heavy atom. The molecule has 3 heterocycles. The van der Waals surface area contributed by atoms with E-state index in [0.29, 0.717) is 11.1 Å². The van der Waals surface area contributed by atoms with Gasteiger partial charge in [-0.2, -0.15) is 9.40 Å². The molecule has 1 aromatic heterocycles. The molecular weight excluding hydrogens is 536 g/mol. The number of aromatic nitrogens is 2. The topological polar surface area (TPSA) is 143 Å². The molecule has 0 unspecified atom stereocenters. The van der Waals surface area contributed by atoms with Crippen LogP contribution >= 0.6 is 0 Å². The second-order valence-corrected chi connectivity index (χ2v) is 11.1. The third-order valence-corrected chi connectivity index (χ3v) is 8.18. The van der Waals surface area contributed by atoms with Crippen molar-refractivity contribution < 1.29 is 49.0 Å². The number of carbonyl (C=O) groups is 1. The zero-order valence-electron chi connectivity index (χ0n) is 33.0. The number of benzene rings is 2. The second kappa shape index (κ2) is 12.2. The molecular formula is C28H36N4O7S. The van der Waals surface area contributed by atoms with Gasteiger partial charge in [0.1, 0.15) is 6.08 Å². The summed E-state index contributed by atoms with van der Waals surface area (Å²) >= 11 is 0. The van der Waals surface area contributed by atoms with Crippen LogP contribution in [-0.2, 0) is 30.7 Å². The molecule has 12 heteroatoms. The molecule has 2 fully saturated rings. The van der Waals surface area contributed by atoms with Crippen molar-refractivity contribution in [3.8, 4) is 0 Å². The van der Waals surface area contributed by atoms with Crippen LogP contribution in [0.1, 0.15) is 42.1 Å². The lowest BCUT2D eigenvalue weighted by Crippen LogP contribution is -2.51. The molecule has 3 aromatic rings. The van der Waals surface area contributed by atoms with Crippen molar-refractivity contribution in [1.29, 1.82) is 0 Å². The first-order chi connectivity index (χ1) is 23.9. The molecule has 3 N–H and O–H groups in total. The van der Waals surface area contributed by atoms with Crippen molar-refractivity contribution in [2.24, 2.45) is 11.8 Å². The zero-order valence-corrected chi connectivity index (χ0v) is 21.8. The van der Waals surface area contributed by atoms with Crippen LogP contribution in [0.15, 0.2) is 59.6 Å². The summed E-state index contributed by atoms with van der Waals surface area (Å²) in [6.07, 6.45) is -6.44. The van der Waals surface area contributed by atoms with Crippen LogP contribution in [0.3, 0.4) is 0 Å². The fourth-order valence-corrected chi connectivity index (χ4v) is 5.82. The van der Waals surface area contributed by atoms with Crippen LogP contribution in [0, 0.1) is 11.8 Å². The van der Waals surface area contributed by atoms with E-state index in [9.17, 15) is 18.3 Å². The standard InChI is InChI=1S/C28H36N4O7S/c1-18(2)15-32(40(35,36)21-8-9-23-20(13-21)14-29-31-23)16-25(33)24(12-19-6-4-3-5-7-19)30-28(34)39-26-17-38-27-22(26)10-11-37-27/h3-9,13-14,18,22,24-27,33H,10-12,15-17H2,1-2H3,(H,29,31)(H,30,34)/t22-,24-,25+,26-,27+/m0/s1/i1D3,2D3,15D2,17D2,18D,26D. The van der Waals surface area contributed by atoms with Crippen LogP contribution in [0.5, 0.6) is 0 Å². The molecule has 0 radical (unpaired) electrons. The highest BCUT2D eigenvalue weighted by atomic mass is 32.2. The Balaban J connectivity index is 1.56. The molecule has 2 aliphatic heterocycles. The zero-order chi connectivity index (χ0) is 38.7. The van der Waals surface area contributed by atoms with Crippen molar-refractivity contribution in [3.63, 3.8) is 0 Å². The Hall–Kier alpha value is -3.03. The van der Waals surface area contributed by atoms with Gasteiger partial charge in [0.15, 0.2) is 6.29 Å². The molecule has 5 rings (SSSR count). The highest BCUT2D eigenvalue weighted by molar-refractivity contribution is 7.89. The number of sulfonamides is 1. The lowest BCUT2D eigenvalue weighted by Gasteiger charge is -2.31. The smallest absolute Gasteiger partial charge is 0.407 e. The minimum absolute atomic E-state index is 0.0934. The Kier molecular flexibility index (Phi) is 5.21. The van der Waals surface area contributed by atoms with Gasteiger partial charge < -0.3 is 24.6 Å². The molecule has 0 spiro atoms. The van der Waals surface area contributed by atoms with Gasteiger partial charge in [0.25, 0.3) is 0 Å². The lowest BCUT2D eigenvalue weighted by atomic mass is 10.0. The third kappa shape index (κ3) is 6.47. The number of nitrogens with one attached hydrogen (secondary N) is 2. The summed E-state index contributed by atoms with van der Waals surface area (Å²) in [5.74, 6) is -5.18. The number of ether oxygens (including phenoxy) is 3. The van der Waals surface area contributed by atoms with Gasteiger partial charge in [0.05, 0.1) is 52.0 Å². The van der Waals surface area contributed by atoms with E-state index >= 15 is 0 Å². The lowest BCUT2D eigenvalue weighted by molar-refractivity contribution is -0.0907. The number of nitrogens with zero attached hydrogens (tertiary/aromatic N) is 2. The Labute approximate surface area is 250 Å². The largest absolute Gasteiger partial charge is 0.443 e. The molecule has 5 atom stereocenters. The number of aliphatic hydroxyl groups is 1. The first kappa shape index (κ1) is 17.0. The van der Waals surface area contributed by atoms with E-state index in [4.69, 9.17) is 30.7 Å². The van der Waals surface area contributed by atoms with E-state index in [2.05, 4.69) is 15.5 Å². The van der Waals surface area contributed by atoms with E-state index in [1.807, 2.05) is 0 Å². The Bertz CT molecular complexity index is 1870. The van der Waals surface area contributed by atoms with Crippen LogP contribution in [0.25, 0.3) is 10.9 Å². The molecule has 0 saturated carbocycles. The maximum Gasteiger partial charge on any atom is 0.407 e. The number of hydrogen-bond acceptors (Lipinski definition) is 8. The van der Waals surface area contributed by atoms with Crippen LogP contribution < -0.4 is 5.32 Å². The molecule has 40 heavy (non-hydrogen) atoms. The average molecular weight is 585 g/mol. The molecule has 2 saturated heterocycles. The normalized spacial score (nSPS) is 31.2. The molecule has 0 aliphatic carbocycles. The first-order valence-electron chi connectivity index (χ1n) is 18.3. The summed E-state index contributed by atoms with van der Waals surface area (Å²) in [5, 5.41) is 20.6. The van der Waals surface area contributed by atoms with Gasteiger partial charge in [0, 0.05) is 30.8 Å². The van der Waals surface area contributed by atoms with Gasteiger partial charge in [-0.25, -0.2) is 13.2 Å². The molecule has 2 aromatic carbocycles. The summed E-state index contributed by atoms with van der Waals surface area (Å²) in [4.78, 5) is 12.7. The monoisotopic (exact) mass is 584 g/mol. The fraction of sp³-hybridized carbons (Fsp3) is 0.500. The Morgan fingerprint density at radius 1 is 1.38 bits per heavy atom. The summed E-state index contributed by atoms with van der Waals surface area (Å²) in [6, 6.07) is 9.66. The number of aromatic amines is 1. The number of hydrogen-bond donors (Lipinski definition) is 3. The van der Waals surface area contributed by atoms with Crippen LogP contribution in [0.4, 0.5) is 4.79 Å². The van der Waals surface area contributed by atoms with Gasteiger partial charge in [-0.05, 0) is 42.5 Å². The van der Waals surface area contributed by atoms with Crippen molar-refractivity contribution in [2.45, 2.75) is 56.0 Å². The summed E-state index contributed by atoms with van der Waals surface area (Å²) < 4.78 is 143. The van der Waals surface area contributed by atoms with Crippen molar-refractivity contribution in [1.82, 2.24) is 19.8 Å². The van der Waals surface area contributed by atoms with Crippen LogP contribution in [0.2, 0.25) is 0 Å². The average Bonchev–Trinajstić information content (AvgIpc) is 3.74. The molecule has 0 bridgehead atoms. The SMILES string of the molecule is [2H]C([2H])([2H])C([2H])(C([2H])([2H])[2H])C([2H])([2H])N(C[C@@H](O)[C@H](Cc1ccccc1)NC(=O)O[C@]1([2H])[C@@H]2CCO[C@@H]2OC1([2H])[2H])S(=O)(=O)c1ccc2[nH]ncc2c1.